The summed E-state index contributed by atoms with van der Waals surface area (Å²) in [4.78, 5) is 12.8. The Balaban J connectivity index is 1.37. The predicted octanol–water partition coefficient (Wildman–Crippen LogP) is 4.70. The number of aryl methyl sites for hydroxylation is 1. The van der Waals surface area contributed by atoms with E-state index < -0.39 is 11.8 Å². The van der Waals surface area contributed by atoms with Crippen molar-refractivity contribution in [2.75, 3.05) is 17.2 Å². The number of carbonyl (C=O) groups excluding carboxylic acids is 1. The number of anilines is 2. The first-order chi connectivity index (χ1) is 18.6. The standard InChI is InChI=1S/C30H39FN6O2/c1-17-8-11-22(31)24(16-17)35-29(38)34-23-12-9-19(18-6-4-5-7-20(18)23)21-10-13-25(39-15-14-30(2,3)33)27-26(21)28(32)37-36-27/h4-9,11-12,16,21,25-28,36-37H,10,13-15,32-33H2,1-3H3,(H2,34,35,38). The number of fused-ring (bicyclic) bond motifs is 2. The number of urea groups is 1. The molecule has 5 unspecified atom stereocenters. The normalized spacial score (nSPS) is 24.9. The van der Waals surface area contributed by atoms with E-state index >= 15 is 0 Å². The number of hydrogen-bond acceptors (Lipinski definition) is 6. The second kappa shape index (κ2) is 11.2. The van der Waals surface area contributed by atoms with Gasteiger partial charge in [-0.15, -0.1) is 0 Å². The number of nitrogens with two attached hydrogens (primary N) is 2. The lowest BCUT2D eigenvalue weighted by Crippen LogP contribution is -2.49. The van der Waals surface area contributed by atoms with Gasteiger partial charge in [-0.1, -0.05) is 36.4 Å². The number of ether oxygens (including phenoxy) is 1. The third-order valence-corrected chi connectivity index (χ3v) is 7.93. The highest BCUT2D eigenvalue weighted by atomic mass is 19.1. The molecule has 8 nitrogen and oxygen atoms in total. The van der Waals surface area contributed by atoms with Crippen molar-refractivity contribution in [1.29, 1.82) is 0 Å². The number of rotatable bonds is 7. The second-order valence-electron chi connectivity index (χ2n) is 11.6. The number of nitrogens with one attached hydrogen (secondary N) is 4. The average molecular weight is 535 g/mol. The number of hydrazine groups is 1. The molecule has 0 bridgehead atoms. The van der Waals surface area contributed by atoms with Gasteiger partial charge in [0.15, 0.2) is 0 Å². The molecule has 3 aromatic rings. The fraction of sp³-hybridized carbons (Fsp3) is 0.433. The summed E-state index contributed by atoms with van der Waals surface area (Å²) in [5.74, 6) is -0.149. The molecule has 5 atom stereocenters. The maximum atomic E-state index is 14.2. The van der Waals surface area contributed by atoms with E-state index in [-0.39, 0.29) is 41.4 Å². The number of hydrogen-bond donors (Lipinski definition) is 6. The van der Waals surface area contributed by atoms with Crippen LogP contribution in [0.5, 0.6) is 0 Å². The number of carbonyl (C=O) groups is 1. The van der Waals surface area contributed by atoms with E-state index in [0.29, 0.717) is 12.3 Å². The zero-order valence-corrected chi connectivity index (χ0v) is 22.8. The van der Waals surface area contributed by atoms with Gasteiger partial charge in [0.1, 0.15) is 5.82 Å². The molecule has 208 valence electrons. The van der Waals surface area contributed by atoms with Crippen molar-refractivity contribution in [3.63, 3.8) is 0 Å². The van der Waals surface area contributed by atoms with Gasteiger partial charge in [-0.2, -0.15) is 0 Å². The van der Waals surface area contributed by atoms with E-state index in [1.165, 1.54) is 11.6 Å². The molecule has 0 aromatic heterocycles. The Morgan fingerprint density at radius 2 is 1.79 bits per heavy atom. The summed E-state index contributed by atoms with van der Waals surface area (Å²) in [5.41, 5.74) is 21.9. The van der Waals surface area contributed by atoms with Gasteiger partial charge in [-0.3, -0.25) is 5.43 Å². The highest BCUT2D eigenvalue weighted by Crippen LogP contribution is 2.45. The number of amides is 2. The van der Waals surface area contributed by atoms with Gasteiger partial charge in [0.05, 0.1) is 29.7 Å². The Morgan fingerprint density at radius 3 is 2.56 bits per heavy atom. The van der Waals surface area contributed by atoms with E-state index in [2.05, 4.69) is 33.6 Å². The Hall–Kier alpha value is -3.08. The van der Waals surface area contributed by atoms with E-state index in [0.717, 1.165) is 35.6 Å². The minimum atomic E-state index is -0.498. The molecule has 39 heavy (non-hydrogen) atoms. The lowest BCUT2D eigenvalue weighted by molar-refractivity contribution is -0.0152. The second-order valence-corrected chi connectivity index (χ2v) is 11.6. The molecule has 8 N–H and O–H groups in total. The minimum Gasteiger partial charge on any atom is -0.376 e. The summed E-state index contributed by atoms with van der Waals surface area (Å²) in [5, 5.41) is 7.52. The Labute approximate surface area is 229 Å². The molecule has 0 spiro atoms. The summed E-state index contributed by atoms with van der Waals surface area (Å²) in [6, 6.07) is 16.2. The third-order valence-electron chi connectivity index (χ3n) is 7.93. The SMILES string of the molecule is Cc1ccc(F)c(NC(=O)Nc2ccc(C3CCC(OCCC(C)(C)N)C4NNC(N)C34)c3ccccc23)c1. The highest BCUT2D eigenvalue weighted by Gasteiger charge is 2.47. The van der Waals surface area contributed by atoms with Crippen molar-refractivity contribution in [1.82, 2.24) is 10.9 Å². The van der Waals surface area contributed by atoms with Crippen LogP contribution in [0.2, 0.25) is 0 Å². The summed E-state index contributed by atoms with van der Waals surface area (Å²) in [6.07, 6.45) is 2.44. The predicted molar refractivity (Wildman–Crippen MR) is 154 cm³/mol. The topological polar surface area (TPSA) is 126 Å². The summed E-state index contributed by atoms with van der Waals surface area (Å²) >= 11 is 0. The maximum absolute atomic E-state index is 14.2. The van der Waals surface area contributed by atoms with Crippen molar-refractivity contribution in [3.05, 3.63) is 71.5 Å². The van der Waals surface area contributed by atoms with Crippen LogP contribution in [-0.2, 0) is 4.74 Å². The Morgan fingerprint density at radius 1 is 1.05 bits per heavy atom. The van der Waals surface area contributed by atoms with Crippen LogP contribution in [0.4, 0.5) is 20.6 Å². The quantitative estimate of drug-likeness (QED) is 0.261. The monoisotopic (exact) mass is 534 g/mol. The number of halogens is 1. The molecule has 1 saturated heterocycles. The Bertz CT molecular complexity index is 1340. The van der Waals surface area contributed by atoms with Gasteiger partial charge in [-0.05, 0) is 80.7 Å². The molecule has 9 heteroatoms. The van der Waals surface area contributed by atoms with Crippen LogP contribution in [0, 0.1) is 18.7 Å². The lowest BCUT2D eigenvalue weighted by Gasteiger charge is -2.40. The van der Waals surface area contributed by atoms with Crippen LogP contribution in [0.1, 0.15) is 50.2 Å². The van der Waals surface area contributed by atoms with Gasteiger partial charge in [-0.25, -0.2) is 14.6 Å². The van der Waals surface area contributed by atoms with Gasteiger partial charge >= 0.3 is 6.03 Å². The van der Waals surface area contributed by atoms with Crippen LogP contribution in [0.25, 0.3) is 10.8 Å². The summed E-state index contributed by atoms with van der Waals surface area (Å²) in [7, 11) is 0. The van der Waals surface area contributed by atoms with Crippen molar-refractivity contribution < 1.29 is 13.9 Å². The van der Waals surface area contributed by atoms with E-state index in [1.807, 2.05) is 45.0 Å². The first-order valence-electron chi connectivity index (χ1n) is 13.6. The van der Waals surface area contributed by atoms with E-state index in [4.69, 9.17) is 16.2 Å². The molecule has 2 amide bonds. The minimum absolute atomic E-state index is 0.0487. The first kappa shape index (κ1) is 27.5. The van der Waals surface area contributed by atoms with Crippen LogP contribution in [0.15, 0.2) is 54.6 Å². The Kier molecular flexibility index (Phi) is 7.89. The largest absolute Gasteiger partial charge is 0.376 e. The van der Waals surface area contributed by atoms with Crippen LogP contribution in [-0.4, -0.2) is 36.5 Å². The maximum Gasteiger partial charge on any atom is 0.323 e. The van der Waals surface area contributed by atoms with Gasteiger partial charge in [0.25, 0.3) is 0 Å². The molecule has 0 radical (unpaired) electrons. The molecule has 1 aliphatic carbocycles. The average Bonchev–Trinajstić information content (AvgIpc) is 3.28. The van der Waals surface area contributed by atoms with Crippen LogP contribution < -0.4 is 33.0 Å². The van der Waals surface area contributed by atoms with E-state index in [9.17, 15) is 9.18 Å². The molecule has 1 aliphatic heterocycles. The van der Waals surface area contributed by atoms with Crippen LogP contribution >= 0.6 is 0 Å². The van der Waals surface area contributed by atoms with Gasteiger partial charge in [0, 0.05) is 23.4 Å². The molecule has 3 aromatic carbocycles. The van der Waals surface area contributed by atoms with Crippen molar-refractivity contribution in [2.45, 2.75) is 69.8 Å². The van der Waals surface area contributed by atoms with Crippen LogP contribution in [0.3, 0.4) is 0 Å². The van der Waals surface area contributed by atoms with E-state index in [1.54, 1.807) is 12.1 Å². The van der Waals surface area contributed by atoms with Gasteiger partial charge < -0.3 is 26.8 Å². The fourth-order valence-corrected chi connectivity index (χ4v) is 5.95. The van der Waals surface area contributed by atoms with Crippen molar-refractivity contribution in [3.8, 4) is 0 Å². The molecule has 2 aliphatic rings. The molecular weight excluding hydrogens is 495 g/mol. The molecule has 1 saturated carbocycles. The summed E-state index contributed by atoms with van der Waals surface area (Å²) < 4.78 is 20.5. The smallest absolute Gasteiger partial charge is 0.323 e. The lowest BCUT2D eigenvalue weighted by atomic mass is 9.70. The molecule has 2 fully saturated rings. The third kappa shape index (κ3) is 6.08. The zero-order chi connectivity index (χ0) is 27.7. The van der Waals surface area contributed by atoms with Crippen molar-refractivity contribution in [2.24, 2.45) is 17.4 Å². The molecule has 5 rings (SSSR count). The molecular formula is C30H39FN6O2. The van der Waals surface area contributed by atoms with Crippen molar-refractivity contribution >= 4 is 28.2 Å². The van der Waals surface area contributed by atoms with Gasteiger partial charge in [0.2, 0.25) is 0 Å². The highest BCUT2D eigenvalue weighted by molar-refractivity contribution is 6.07. The summed E-state index contributed by atoms with van der Waals surface area (Å²) in [6.45, 7) is 6.48. The first-order valence-corrected chi connectivity index (χ1v) is 13.6. The number of benzene rings is 3. The zero-order valence-electron chi connectivity index (χ0n) is 22.8. The fourth-order valence-electron chi connectivity index (χ4n) is 5.95. The molecule has 1 heterocycles.